The van der Waals surface area contributed by atoms with E-state index in [4.69, 9.17) is 4.74 Å². The van der Waals surface area contributed by atoms with Gasteiger partial charge in [-0.05, 0) is 18.2 Å². The summed E-state index contributed by atoms with van der Waals surface area (Å²) in [7, 11) is 0. The molecule has 0 bridgehead atoms. The Labute approximate surface area is 128 Å². The molecule has 108 valence electrons. The molecule has 0 atom stereocenters. The Morgan fingerprint density at radius 1 is 1.40 bits per heavy atom. The van der Waals surface area contributed by atoms with Crippen molar-refractivity contribution in [1.29, 1.82) is 0 Å². The second-order valence-corrected chi connectivity index (χ2v) is 5.87. The summed E-state index contributed by atoms with van der Waals surface area (Å²) >= 11 is 3.43. The van der Waals surface area contributed by atoms with Gasteiger partial charge in [0.1, 0.15) is 12.4 Å². The van der Waals surface area contributed by atoms with Crippen molar-refractivity contribution in [3.63, 3.8) is 0 Å². The number of nitrogens with one attached hydrogen (secondary N) is 1. The van der Waals surface area contributed by atoms with Gasteiger partial charge in [0.2, 0.25) is 0 Å². The summed E-state index contributed by atoms with van der Waals surface area (Å²) in [5, 5.41) is 7.70. The minimum atomic E-state index is 0.484. The summed E-state index contributed by atoms with van der Waals surface area (Å²) in [6.45, 7) is 6.47. The monoisotopic (exact) mass is 337 g/mol. The molecule has 1 heterocycles. The summed E-state index contributed by atoms with van der Waals surface area (Å²) < 4.78 is 8.63. The van der Waals surface area contributed by atoms with Gasteiger partial charge < -0.3 is 10.1 Å². The molecule has 2 rings (SSSR count). The molecule has 0 unspecified atom stereocenters. The van der Waals surface area contributed by atoms with Gasteiger partial charge in [-0.15, -0.1) is 0 Å². The van der Waals surface area contributed by atoms with Crippen LogP contribution in [0.15, 0.2) is 41.1 Å². The fourth-order valence-corrected chi connectivity index (χ4v) is 2.13. The van der Waals surface area contributed by atoms with Gasteiger partial charge in [0.25, 0.3) is 0 Å². The van der Waals surface area contributed by atoms with Gasteiger partial charge in [0, 0.05) is 28.8 Å². The molecule has 20 heavy (non-hydrogen) atoms. The molecule has 0 fully saturated rings. The normalized spacial score (nSPS) is 11.0. The molecule has 0 saturated heterocycles. The van der Waals surface area contributed by atoms with Crippen LogP contribution in [0, 0.1) is 0 Å². The Morgan fingerprint density at radius 3 is 3.00 bits per heavy atom. The predicted octanol–water partition coefficient (Wildman–Crippen LogP) is 3.22. The maximum absolute atomic E-state index is 5.69. The van der Waals surface area contributed by atoms with Crippen molar-refractivity contribution in [3.05, 3.63) is 46.7 Å². The molecule has 0 aliphatic rings. The van der Waals surface area contributed by atoms with Gasteiger partial charge in [-0.1, -0.05) is 35.8 Å². The molecule has 0 saturated carbocycles. The summed E-state index contributed by atoms with van der Waals surface area (Å²) in [5.41, 5.74) is 1.20. The van der Waals surface area contributed by atoms with E-state index in [1.54, 1.807) is 0 Å². The zero-order chi connectivity index (χ0) is 14.4. The first-order chi connectivity index (χ1) is 9.63. The third kappa shape index (κ3) is 4.98. The van der Waals surface area contributed by atoms with Gasteiger partial charge in [-0.2, -0.15) is 5.10 Å². The number of hydrogen-bond donors (Lipinski definition) is 1. The van der Waals surface area contributed by atoms with E-state index in [9.17, 15) is 0 Å². The van der Waals surface area contributed by atoms with Crippen LogP contribution in [-0.2, 0) is 13.1 Å². The highest BCUT2D eigenvalue weighted by atomic mass is 79.9. The van der Waals surface area contributed by atoms with E-state index >= 15 is 0 Å². The molecule has 1 aromatic carbocycles. The average Bonchev–Trinajstić information content (AvgIpc) is 2.84. The third-order valence-corrected chi connectivity index (χ3v) is 3.28. The van der Waals surface area contributed by atoms with Crippen LogP contribution < -0.4 is 10.1 Å². The lowest BCUT2D eigenvalue weighted by molar-refractivity contribution is 0.291. The molecule has 5 heteroatoms. The Kier molecular flexibility index (Phi) is 5.61. The van der Waals surface area contributed by atoms with Crippen LogP contribution in [0.1, 0.15) is 19.4 Å². The van der Waals surface area contributed by atoms with Gasteiger partial charge in [0.15, 0.2) is 0 Å². The predicted molar refractivity (Wildman–Crippen MR) is 83.8 cm³/mol. The van der Waals surface area contributed by atoms with Crippen molar-refractivity contribution in [2.45, 2.75) is 33.0 Å². The van der Waals surface area contributed by atoms with Gasteiger partial charge in [-0.3, -0.25) is 4.68 Å². The lowest BCUT2D eigenvalue weighted by atomic mass is 10.3. The topological polar surface area (TPSA) is 39.1 Å². The minimum absolute atomic E-state index is 0.484. The number of ether oxygens (including phenoxy) is 1. The Morgan fingerprint density at radius 2 is 2.25 bits per heavy atom. The van der Waals surface area contributed by atoms with Crippen molar-refractivity contribution in [2.75, 3.05) is 6.61 Å². The van der Waals surface area contributed by atoms with Crippen molar-refractivity contribution in [1.82, 2.24) is 15.1 Å². The van der Waals surface area contributed by atoms with Crippen LogP contribution >= 0.6 is 15.9 Å². The molecular weight excluding hydrogens is 318 g/mol. The van der Waals surface area contributed by atoms with Crippen molar-refractivity contribution in [3.8, 4) is 5.75 Å². The standard InChI is InChI=1S/C15H20BrN3O/c1-12(2)17-9-13-10-18-19(11-13)6-7-20-15-5-3-4-14(16)8-15/h3-5,8,10-12,17H,6-7,9H2,1-2H3. The SMILES string of the molecule is CC(C)NCc1cnn(CCOc2cccc(Br)c2)c1. The van der Waals surface area contributed by atoms with Gasteiger partial charge >= 0.3 is 0 Å². The Hall–Kier alpha value is -1.33. The average molecular weight is 338 g/mol. The van der Waals surface area contributed by atoms with Crippen LogP contribution in [-0.4, -0.2) is 22.4 Å². The molecule has 4 nitrogen and oxygen atoms in total. The zero-order valence-corrected chi connectivity index (χ0v) is 13.4. The van der Waals surface area contributed by atoms with E-state index in [0.29, 0.717) is 12.6 Å². The van der Waals surface area contributed by atoms with Crippen molar-refractivity contribution in [2.24, 2.45) is 0 Å². The highest BCUT2D eigenvalue weighted by Crippen LogP contribution is 2.17. The Balaban J connectivity index is 1.77. The van der Waals surface area contributed by atoms with Crippen LogP contribution in [0.4, 0.5) is 0 Å². The molecule has 2 aromatic rings. The smallest absolute Gasteiger partial charge is 0.120 e. The molecule has 0 radical (unpaired) electrons. The molecule has 1 N–H and O–H groups in total. The number of hydrogen-bond acceptors (Lipinski definition) is 3. The summed E-state index contributed by atoms with van der Waals surface area (Å²) in [6, 6.07) is 8.34. The van der Waals surface area contributed by atoms with E-state index < -0.39 is 0 Å². The van der Waals surface area contributed by atoms with E-state index in [-0.39, 0.29) is 0 Å². The number of nitrogens with zero attached hydrogens (tertiary/aromatic N) is 2. The first-order valence-corrected chi connectivity index (χ1v) is 7.56. The largest absolute Gasteiger partial charge is 0.492 e. The fourth-order valence-electron chi connectivity index (χ4n) is 1.76. The lowest BCUT2D eigenvalue weighted by Gasteiger charge is -2.07. The van der Waals surface area contributed by atoms with Crippen LogP contribution in [0.2, 0.25) is 0 Å². The third-order valence-electron chi connectivity index (χ3n) is 2.79. The maximum atomic E-state index is 5.69. The molecular formula is C15H20BrN3O. The van der Waals surface area contributed by atoms with Crippen molar-refractivity contribution < 1.29 is 4.74 Å². The molecule has 0 spiro atoms. The first kappa shape index (κ1) is 15.1. The molecule has 1 aromatic heterocycles. The molecule has 0 amide bonds. The second kappa shape index (κ2) is 7.45. The summed E-state index contributed by atoms with van der Waals surface area (Å²) in [6.07, 6.45) is 3.95. The highest BCUT2D eigenvalue weighted by molar-refractivity contribution is 9.10. The van der Waals surface area contributed by atoms with Gasteiger partial charge in [-0.25, -0.2) is 0 Å². The maximum Gasteiger partial charge on any atom is 0.120 e. The summed E-state index contributed by atoms with van der Waals surface area (Å²) in [5.74, 6) is 0.869. The van der Waals surface area contributed by atoms with E-state index in [0.717, 1.165) is 23.3 Å². The minimum Gasteiger partial charge on any atom is -0.492 e. The first-order valence-electron chi connectivity index (χ1n) is 6.76. The fraction of sp³-hybridized carbons (Fsp3) is 0.400. The van der Waals surface area contributed by atoms with Crippen LogP contribution in [0.5, 0.6) is 5.75 Å². The van der Waals surface area contributed by atoms with Gasteiger partial charge in [0.05, 0.1) is 12.7 Å². The van der Waals surface area contributed by atoms with E-state index in [1.807, 2.05) is 35.1 Å². The Bertz CT molecular complexity index is 539. The number of rotatable bonds is 7. The zero-order valence-electron chi connectivity index (χ0n) is 11.8. The van der Waals surface area contributed by atoms with E-state index in [1.165, 1.54) is 5.56 Å². The highest BCUT2D eigenvalue weighted by Gasteiger charge is 2.00. The summed E-state index contributed by atoms with van der Waals surface area (Å²) in [4.78, 5) is 0. The molecule has 0 aliphatic carbocycles. The van der Waals surface area contributed by atoms with Crippen molar-refractivity contribution >= 4 is 15.9 Å². The number of benzene rings is 1. The number of aromatic nitrogens is 2. The van der Waals surface area contributed by atoms with Crippen LogP contribution in [0.25, 0.3) is 0 Å². The molecule has 0 aliphatic heterocycles. The quantitative estimate of drug-likeness (QED) is 0.843. The van der Waals surface area contributed by atoms with E-state index in [2.05, 4.69) is 46.4 Å². The lowest BCUT2D eigenvalue weighted by Crippen LogP contribution is -2.21. The van der Waals surface area contributed by atoms with Crippen LogP contribution in [0.3, 0.4) is 0 Å². The number of halogens is 1. The second-order valence-electron chi connectivity index (χ2n) is 4.95.